The fraction of sp³-hybridized carbons (Fsp3) is 0. The maximum atomic E-state index is 4.08. The molecule has 0 N–H and O–H groups in total. The SMILES string of the molecule is [c]1nccc(-c2[c]cccn2)n1. The van der Waals surface area contributed by atoms with Gasteiger partial charge >= 0.3 is 0 Å². The quantitative estimate of drug-likeness (QED) is 0.619. The van der Waals surface area contributed by atoms with E-state index in [1.807, 2.05) is 6.07 Å². The van der Waals surface area contributed by atoms with E-state index in [1.54, 1.807) is 24.5 Å². The minimum Gasteiger partial charge on any atom is -0.254 e. The first-order valence-electron chi connectivity index (χ1n) is 3.49. The number of hydrogen-bond acceptors (Lipinski definition) is 3. The molecule has 0 saturated carbocycles. The van der Waals surface area contributed by atoms with Gasteiger partial charge in [-0.25, -0.2) is 9.97 Å². The Hall–Kier alpha value is -1.77. The van der Waals surface area contributed by atoms with Crippen LogP contribution in [0, 0.1) is 12.4 Å². The van der Waals surface area contributed by atoms with Crippen molar-refractivity contribution in [3.05, 3.63) is 43.0 Å². The normalized spacial score (nSPS) is 9.67. The van der Waals surface area contributed by atoms with Crippen LogP contribution in [0.4, 0.5) is 0 Å². The third-order valence-electron chi connectivity index (χ3n) is 1.38. The monoisotopic (exact) mass is 155 g/mol. The average Bonchev–Trinajstić information content (AvgIpc) is 2.21. The maximum absolute atomic E-state index is 4.08. The highest BCUT2D eigenvalue weighted by molar-refractivity contribution is 5.51. The molecular formula is C9H5N3. The Morgan fingerprint density at radius 3 is 2.92 bits per heavy atom. The van der Waals surface area contributed by atoms with Crippen molar-refractivity contribution >= 4 is 0 Å². The van der Waals surface area contributed by atoms with Gasteiger partial charge in [0.1, 0.15) is 0 Å². The van der Waals surface area contributed by atoms with E-state index in [0.29, 0.717) is 0 Å². The van der Waals surface area contributed by atoms with Gasteiger partial charge in [0.05, 0.1) is 11.4 Å². The van der Waals surface area contributed by atoms with Crippen molar-refractivity contribution in [1.82, 2.24) is 15.0 Å². The Morgan fingerprint density at radius 2 is 2.25 bits per heavy atom. The van der Waals surface area contributed by atoms with Crippen molar-refractivity contribution in [2.75, 3.05) is 0 Å². The molecule has 0 unspecified atom stereocenters. The lowest BCUT2D eigenvalue weighted by Crippen LogP contribution is -1.86. The molecule has 3 nitrogen and oxygen atoms in total. The molecule has 0 aromatic carbocycles. The van der Waals surface area contributed by atoms with Crippen molar-refractivity contribution in [2.45, 2.75) is 0 Å². The van der Waals surface area contributed by atoms with Gasteiger partial charge in [-0.1, -0.05) is 6.07 Å². The predicted octanol–water partition coefficient (Wildman–Crippen LogP) is 1.14. The summed E-state index contributed by atoms with van der Waals surface area (Å²) in [5.74, 6) is 0. The number of hydrogen-bond donors (Lipinski definition) is 0. The number of nitrogens with zero attached hydrogens (tertiary/aromatic N) is 3. The summed E-state index contributed by atoms with van der Waals surface area (Å²) in [5, 5.41) is 0. The first-order chi connectivity index (χ1) is 5.97. The standard InChI is InChI=1S/C9H5N3/c1-2-5-11-8(3-1)9-4-6-10-7-12-9/h1-2,4-6H. The topological polar surface area (TPSA) is 38.7 Å². The molecule has 2 heterocycles. The number of aromatic nitrogens is 3. The largest absolute Gasteiger partial charge is 0.254 e. The van der Waals surface area contributed by atoms with Crippen LogP contribution in [-0.4, -0.2) is 15.0 Å². The summed E-state index contributed by atoms with van der Waals surface area (Å²) >= 11 is 0. The third kappa shape index (κ3) is 1.29. The van der Waals surface area contributed by atoms with E-state index < -0.39 is 0 Å². The minimum absolute atomic E-state index is 0.719. The second-order valence-electron chi connectivity index (χ2n) is 2.17. The van der Waals surface area contributed by atoms with Gasteiger partial charge in [0.15, 0.2) is 6.33 Å². The first kappa shape index (κ1) is 6.91. The van der Waals surface area contributed by atoms with Gasteiger partial charge in [0, 0.05) is 18.5 Å². The highest BCUT2D eigenvalue weighted by Gasteiger charge is 1.96. The fourth-order valence-electron chi connectivity index (χ4n) is 0.858. The smallest absolute Gasteiger partial charge is 0.198 e. The molecular weight excluding hydrogens is 150 g/mol. The molecule has 0 atom stereocenters. The highest BCUT2D eigenvalue weighted by Crippen LogP contribution is 2.09. The molecule has 0 spiro atoms. The van der Waals surface area contributed by atoms with E-state index in [1.165, 1.54) is 0 Å². The van der Waals surface area contributed by atoms with E-state index in [4.69, 9.17) is 0 Å². The van der Waals surface area contributed by atoms with Crippen molar-refractivity contribution in [2.24, 2.45) is 0 Å². The third-order valence-corrected chi connectivity index (χ3v) is 1.38. The highest BCUT2D eigenvalue weighted by atomic mass is 14.8. The summed E-state index contributed by atoms with van der Waals surface area (Å²) in [6.07, 6.45) is 5.83. The molecule has 3 heteroatoms. The van der Waals surface area contributed by atoms with Crippen LogP contribution in [0.1, 0.15) is 0 Å². The Labute approximate surface area is 70.1 Å². The van der Waals surface area contributed by atoms with Crippen LogP contribution in [0.15, 0.2) is 30.6 Å². The summed E-state index contributed by atoms with van der Waals surface area (Å²) < 4.78 is 0. The zero-order valence-electron chi connectivity index (χ0n) is 6.23. The first-order valence-corrected chi connectivity index (χ1v) is 3.49. The van der Waals surface area contributed by atoms with Gasteiger partial charge in [-0.2, -0.15) is 0 Å². The van der Waals surface area contributed by atoms with Gasteiger partial charge in [0.2, 0.25) is 0 Å². The van der Waals surface area contributed by atoms with Gasteiger partial charge in [0.25, 0.3) is 0 Å². The Balaban J connectivity index is 2.46. The molecule has 2 rings (SSSR count). The Bertz CT molecular complexity index is 307. The summed E-state index contributed by atoms with van der Waals surface area (Å²) in [7, 11) is 0. The maximum Gasteiger partial charge on any atom is 0.198 e. The van der Waals surface area contributed by atoms with Gasteiger partial charge < -0.3 is 0 Å². The van der Waals surface area contributed by atoms with Gasteiger partial charge in [-0.15, -0.1) is 0 Å². The molecule has 2 aromatic rings. The lowest BCUT2D eigenvalue weighted by atomic mass is 10.3. The van der Waals surface area contributed by atoms with Crippen LogP contribution in [0.3, 0.4) is 0 Å². The van der Waals surface area contributed by atoms with Crippen molar-refractivity contribution < 1.29 is 0 Å². The average molecular weight is 155 g/mol. The van der Waals surface area contributed by atoms with Crippen molar-refractivity contribution in [1.29, 1.82) is 0 Å². The molecule has 0 fully saturated rings. The van der Waals surface area contributed by atoms with Crippen molar-refractivity contribution in [3.8, 4) is 11.4 Å². The molecule has 0 aliphatic heterocycles. The van der Waals surface area contributed by atoms with Crippen LogP contribution >= 0.6 is 0 Å². The second-order valence-corrected chi connectivity index (χ2v) is 2.17. The van der Waals surface area contributed by atoms with E-state index in [9.17, 15) is 0 Å². The van der Waals surface area contributed by atoms with Crippen LogP contribution < -0.4 is 0 Å². The molecule has 0 bridgehead atoms. The summed E-state index contributed by atoms with van der Waals surface area (Å²) in [4.78, 5) is 11.7. The molecule has 12 heavy (non-hydrogen) atoms. The Morgan fingerprint density at radius 1 is 1.25 bits per heavy atom. The van der Waals surface area contributed by atoms with Gasteiger partial charge in [-0.05, 0) is 12.1 Å². The predicted molar refractivity (Wildman–Crippen MR) is 42.9 cm³/mol. The second kappa shape index (κ2) is 3.09. The van der Waals surface area contributed by atoms with E-state index in [2.05, 4.69) is 27.3 Å². The van der Waals surface area contributed by atoms with E-state index in [-0.39, 0.29) is 0 Å². The van der Waals surface area contributed by atoms with Crippen molar-refractivity contribution in [3.63, 3.8) is 0 Å². The summed E-state index contributed by atoms with van der Waals surface area (Å²) in [6.45, 7) is 0. The zero-order valence-corrected chi connectivity index (χ0v) is 6.23. The summed E-state index contributed by atoms with van der Waals surface area (Å²) in [5.41, 5.74) is 1.46. The number of pyridine rings is 1. The molecule has 0 aliphatic carbocycles. The van der Waals surface area contributed by atoms with E-state index >= 15 is 0 Å². The van der Waals surface area contributed by atoms with Crippen LogP contribution in [0.2, 0.25) is 0 Å². The molecule has 2 radical (unpaired) electrons. The van der Waals surface area contributed by atoms with Gasteiger partial charge in [-0.3, -0.25) is 4.98 Å². The lowest BCUT2D eigenvalue weighted by Gasteiger charge is -1.94. The molecule has 0 amide bonds. The molecule has 56 valence electrons. The number of rotatable bonds is 1. The summed E-state index contributed by atoms with van der Waals surface area (Å²) in [6, 6.07) is 8.35. The fourth-order valence-corrected chi connectivity index (χ4v) is 0.858. The van der Waals surface area contributed by atoms with E-state index in [0.717, 1.165) is 11.4 Å². The minimum atomic E-state index is 0.719. The molecule has 0 aliphatic rings. The van der Waals surface area contributed by atoms with Crippen LogP contribution in [-0.2, 0) is 0 Å². The molecule has 2 aromatic heterocycles. The lowest BCUT2D eigenvalue weighted by molar-refractivity contribution is 1.13. The van der Waals surface area contributed by atoms with Crippen LogP contribution in [0.25, 0.3) is 11.4 Å². The Kier molecular flexibility index (Phi) is 1.78. The molecule has 0 saturated heterocycles. The zero-order chi connectivity index (χ0) is 8.23. The van der Waals surface area contributed by atoms with Crippen LogP contribution in [0.5, 0.6) is 0 Å².